The molecular weight excluding hydrogens is 330 g/mol. The molecule has 1 saturated carbocycles. The van der Waals surface area contributed by atoms with Crippen molar-refractivity contribution in [2.45, 2.75) is 25.4 Å². The number of hydrogen-bond acceptors (Lipinski definition) is 2. The third kappa shape index (κ3) is 2.97. The Labute approximate surface area is 124 Å². The van der Waals surface area contributed by atoms with Crippen molar-refractivity contribution in [2.24, 2.45) is 0 Å². The molecule has 1 fully saturated rings. The highest BCUT2D eigenvalue weighted by molar-refractivity contribution is 9.10. The SMILES string of the molecule is Clc1ccc(Br)c(-c2ccc(CNC3CC3)s2)c1. The van der Waals surface area contributed by atoms with E-state index in [1.165, 1.54) is 28.2 Å². The van der Waals surface area contributed by atoms with Crippen LogP contribution in [0.15, 0.2) is 34.8 Å². The molecular formula is C14H13BrClNS. The van der Waals surface area contributed by atoms with E-state index in [-0.39, 0.29) is 0 Å². The van der Waals surface area contributed by atoms with Crippen molar-refractivity contribution in [3.05, 3.63) is 44.7 Å². The summed E-state index contributed by atoms with van der Waals surface area (Å²) in [6, 6.07) is 11.0. The maximum atomic E-state index is 6.06. The molecule has 1 aliphatic rings. The van der Waals surface area contributed by atoms with Gasteiger partial charge in [0, 0.05) is 37.4 Å². The highest BCUT2D eigenvalue weighted by Crippen LogP contribution is 2.35. The summed E-state index contributed by atoms with van der Waals surface area (Å²) in [5, 5.41) is 4.31. The van der Waals surface area contributed by atoms with Crippen LogP contribution in [0.3, 0.4) is 0 Å². The van der Waals surface area contributed by atoms with E-state index in [0.717, 1.165) is 22.1 Å². The first kappa shape index (κ1) is 12.7. The third-order valence-electron chi connectivity index (χ3n) is 3.00. The number of halogens is 2. The van der Waals surface area contributed by atoms with Crippen molar-refractivity contribution in [1.29, 1.82) is 0 Å². The van der Waals surface area contributed by atoms with Crippen LogP contribution in [-0.2, 0) is 6.54 Å². The maximum absolute atomic E-state index is 6.06. The van der Waals surface area contributed by atoms with Gasteiger partial charge in [-0.3, -0.25) is 0 Å². The minimum absolute atomic E-state index is 0.758. The van der Waals surface area contributed by atoms with E-state index < -0.39 is 0 Å². The molecule has 0 aliphatic heterocycles. The minimum atomic E-state index is 0.758. The number of hydrogen-bond donors (Lipinski definition) is 1. The highest BCUT2D eigenvalue weighted by atomic mass is 79.9. The van der Waals surface area contributed by atoms with Gasteiger partial charge in [0.25, 0.3) is 0 Å². The zero-order chi connectivity index (χ0) is 12.5. The molecule has 18 heavy (non-hydrogen) atoms. The summed E-state index contributed by atoms with van der Waals surface area (Å²) in [4.78, 5) is 2.64. The number of thiophene rings is 1. The molecule has 1 aromatic carbocycles. The average molecular weight is 343 g/mol. The van der Waals surface area contributed by atoms with Crippen LogP contribution in [0.4, 0.5) is 0 Å². The molecule has 3 rings (SSSR count). The molecule has 1 aromatic heterocycles. The van der Waals surface area contributed by atoms with E-state index in [1.807, 2.05) is 29.5 Å². The van der Waals surface area contributed by atoms with Crippen molar-refractivity contribution in [3.63, 3.8) is 0 Å². The highest BCUT2D eigenvalue weighted by Gasteiger charge is 2.20. The van der Waals surface area contributed by atoms with Gasteiger partial charge in [-0.2, -0.15) is 0 Å². The molecule has 0 saturated heterocycles. The Bertz CT molecular complexity index is 563. The smallest absolute Gasteiger partial charge is 0.0413 e. The van der Waals surface area contributed by atoms with Crippen LogP contribution in [0.2, 0.25) is 5.02 Å². The fraction of sp³-hybridized carbons (Fsp3) is 0.286. The first-order valence-electron chi connectivity index (χ1n) is 6.00. The molecule has 0 amide bonds. The van der Waals surface area contributed by atoms with Crippen molar-refractivity contribution in [3.8, 4) is 10.4 Å². The summed E-state index contributed by atoms with van der Waals surface area (Å²) >= 11 is 11.5. The average Bonchev–Trinajstić information content (AvgIpc) is 3.08. The minimum Gasteiger partial charge on any atom is -0.309 e. The lowest BCUT2D eigenvalue weighted by Crippen LogP contribution is -2.14. The van der Waals surface area contributed by atoms with Crippen molar-refractivity contribution < 1.29 is 0 Å². The van der Waals surface area contributed by atoms with Gasteiger partial charge >= 0.3 is 0 Å². The van der Waals surface area contributed by atoms with Gasteiger partial charge in [-0.25, -0.2) is 0 Å². The van der Waals surface area contributed by atoms with E-state index in [4.69, 9.17) is 11.6 Å². The summed E-state index contributed by atoms with van der Waals surface area (Å²) < 4.78 is 1.09. The van der Waals surface area contributed by atoms with E-state index in [9.17, 15) is 0 Å². The number of nitrogens with one attached hydrogen (secondary N) is 1. The second-order valence-corrected chi connectivity index (χ2v) is 7.00. The first-order valence-corrected chi connectivity index (χ1v) is 7.98. The van der Waals surface area contributed by atoms with Gasteiger partial charge in [0.2, 0.25) is 0 Å². The summed E-state index contributed by atoms with van der Waals surface area (Å²) in [5.41, 5.74) is 1.17. The lowest BCUT2D eigenvalue weighted by Gasteiger charge is -2.02. The van der Waals surface area contributed by atoms with Crippen LogP contribution in [0.1, 0.15) is 17.7 Å². The summed E-state index contributed by atoms with van der Waals surface area (Å²) in [6.07, 6.45) is 2.66. The quantitative estimate of drug-likeness (QED) is 0.816. The van der Waals surface area contributed by atoms with Gasteiger partial charge in [0.15, 0.2) is 0 Å². The standard InChI is InChI=1S/C14H13BrClNS/c15-13-5-1-9(16)7-12(13)14-6-4-11(18-14)8-17-10-2-3-10/h1,4-7,10,17H,2-3,8H2. The van der Waals surface area contributed by atoms with Crippen LogP contribution in [0, 0.1) is 0 Å². The van der Waals surface area contributed by atoms with E-state index in [1.54, 1.807) is 0 Å². The fourth-order valence-corrected chi connectivity index (χ4v) is 3.59. The molecule has 4 heteroatoms. The number of benzene rings is 1. The Hall–Kier alpha value is -0.350. The van der Waals surface area contributed by atoms with Crippen LogP contribution in [-0.4, -0.2) is 6.04 Å². The molecule has 1 nitrogen and oxygen atoms in total. The molecule has 0 bridgehead atoms. The Morgan fingerprint density at radius 3 is 2.89 bits per heavy atom. The molecule has 1 N–H and O–H groups in total. The maximum Gasteiger partial charge on any atom is 0.0413 e. The Morgan fingerprint density at radius 2 is 2.11 bits per heavy atom. The lowest BCUT2D eigenvalue weighted by molar-refractivity contribution is 0.695. The van der Waals surface area contributed by atoms with Crippen molar-refractivity contribution >= 4 is 38.9 Å². The van der Waals surface area contributed by atoms with Crippen LogP contribution in [0.25, 0.3) is 10.4 Å². The van der Waals surface area contributed by atoms with Gasteiger partial charge in [-0.1, -0.05) is 27.5 Å². The Balaban J connectivity index is 1.80. The monoisotopic (exact) mass is 341 g/mol. The topological polar surface area (TPSA) is 12.0 Å². The summed E-state index contributed by atoms with van der Waals surface area (Å²) in [5.74, 6) is 0. The molecule has 0 atom stereocenters. The van der Waals surface area contributed by atoms with E-state index >= 15 is 0 Å². The first-order chi connectivity index (χ1) is 8.72. The van der Waals surface area contributed by atoms with Gasteiger partial charge in [-0.05, 0) is 43.2 Å². The Kier molecular flexibility index (Phi) is 3.76. The lowest BCUT2D eigenvalue weighted by atomic mass is 10.2. The molecule has 2 aromatic rings. The van der Waals surface area contributed by atoms with Crippen LogP contribution in [0.5, 0.6) is 0 Å². The predicted molar refractivity (Wildman–Crippen MR) is 82.3 cm³/mol. The fourth-order valence-electron chi connectivity index (χ4n) is 1.84. The largest absolute Gasteiger partial charge is 0.309 e. The Morgan fingerprint density at radius 1 is 1.28 bits per heavy atom. The molecule has 1 heterocycles. The van der Waals surface area contributed by atoms with Gasteiger partial charge < -0.3 is 5.32 Å². The molecule has 0 radical (unpaired) electrons. The van der Waals surface area contributed by atoms with Gasteiger partial charge in [-0.15, -0.1) is 11.3 Å². The third-order valence-corrected chi connectivity index (χ3v) is 5.04. The molecule has 94 valence electrons. The van der Waals surface area contributed by atoms with E-state index in [2.05, 4.69) is 33.4 Å². The normalized spacial score (nSPS) is 15.0. The molecule has 0 unspecified atom stereocenters. The number of rotatable bonds is 4. The van der Waals surface area contributed by atoms with Gasteiger partial charge in [0.1, 0.15) is 0 Å². The summed E-state index contributed by atoms with van der Waals surface area (Å²) in [7, 11) is 0. The van der Waals surface area contributed by atoms with Gasteiger partial charge in [0.05, 0.1) is 0 Å². The predicted octanol–water partition coefficient (Wildman–Crippen LogP) is 5.08. The van der Waals surface area contributed by atoms with Crippen LogP contribution >= 0.6 is 38.9 Å². The molecule has 1 aliphatic carbocycles. The second-order valence-electron chi connectivity index (χ2n) is 4.55. The summed E-state index contributed by atoms with van der Waals surface area (Å²) in [6.45, 7) is 0.980. The zero-order valence-electron chi connectivity index (χ0n) is 9.75. The molecule has 0 spiro atoms. The van der Waals surface area contributed by atoms with Crippen molar-refractivity contribution in [2.75, 3.05) is 0 Å². The second kappa shape index (κ2) is 5.33. The van der Waals surface area contributed by atoms with Crippen LogP contribution < -0.4 is 5.32 Å². The van der Waals surface area contributed by atoms with Crippen molar-refractivity contribution in [1.82, 2.24) is 5.32 Å². The van der Waals surface area contributed by atoms with E-state index in [0.29, 0.717) is 0 Å². The zero-order valence-corrected chi connectivity index (χ0v) is 12.9.